The largest absolute Gasteiger partial charge is 0.383 e. The molecular weight excluding hydrogens is 344 g/mol. The Morgan fingerprint density at radius 2 is 2.00 bits per heavy atom. The van der Waals surface area contributed by atoms with Crippen LogP contribution < -0.4 is 16.0 Å². The van der Waals surface area contributed by atoms with Gasteiger partial charge < -0.3 is 20.7 Å². The second-order valence-electron chi connectivity index (χ2n) is 6.09. The number of benzene rings is 1. The molecule has 0 atom stereocenters. The van der Waals surface area contributed by atoms with Gasteiger partial charge in [-0.3, -0.25) is 9.79 Å². The number of para-hydroxylation sites is 1. The van der Waals surface area contributed by atoms with Crippen molar-refractivity contribution in [3.8, 4) is 5.69 Å². The summed E-state index contributed by atoms with van der Waals surface area (Å²) in [5.74, 6) is 0.443. The lowest BCUT2D eigenvalue weighted by Gasteiger charge is -2.15. The van der Waals surface area contributed by atoms with E-state index in [-0.39, 0.29) is 12.5 Å². The van der Waals surface area contributed by atoms with Gasteiger partial charge in [-0.05, 0) is 31.5 Å². The number of aryl methyl sites for hydroxylation is 2. The van der Waals surface area contributed by atoms with E-state index in [0.717, 1.165) is 22.6 Å². The van der Waals surface area contributed by atoms with E-state index in [4.69, 9.17) is 4.74 Å². The Kier molecular flexibility index (Phi) is 7.81. The van der Waals surface area contributed by atoms with Crippen LogP contribution in [0, 0.1) is 13.8 Å². The number of ether oxygens (including phenoxy) is 1. The summed E-state index contributed by atoms with van der Waals surface area (Å²) >= 11 is 0. The molecule has 0 saturated carbocycles. The highest BCUT2D eigenvalue weighted by atomic mass is 16.5. The third-order valence-electron chi connectivity index (χ3n) is 3.94. The Hall–Kier alpha value is -2.87. The van der Waals surface area contributed by atoms with Gasteiger partial charge in [-0.25, -0.2) is 4.68 Å². The fourth-order valence-corrected chi connectivity index (χ4v) is 2.66. The van der Waals surface area contributed by atoms with Crippen molar-refractivity contribution < 1.29 is 9.53 Å². The summed E-state index contributed by atoms with van der Waals surface area (Å²) in [5, 5.41) is 13.6. The summed E-state index contributed by atoms with van der Waals surface area (Å²) in [6.07, 6.45) is 0. The fraction of sp³-hybridized carbons (Fsp3) is 0.421. The number of carbonyl (C=O) groups excluding carboxylic acids is 1. The molecule has 0 aliphatic carbocycles. The lowest BCUT2D eigenvalue weighted by atomic mass is 10.1. The number of aliphatic imine (C=N–C) groups is 1. The van der Waals surface area contributed by atoms with Crippen LogP contribution in [-0.4, -0.2) is 55.5 Å². The van der Waals surface area contributed by atoms with E-state index in [9.17, 15) is 4.79 Å². The van der Waals surface area contributed by atoms with E-state index in [1.54, 1.807) is 14.2 Å². The maximum Gasteiger partial charge on any atom is 0.239 e. The van der Waals surface area contributed by atoms with E-state index in [1.807, 2.05) is 48.9 Å². The molecule has 27 heavy (non-hydrogen) atoms. The number of amides is 1. The van der Waals surface area contributed by atoms with Gasteiger partial charge in [0.05, 0.1) is 24.5 Å². The Morgan fingerprint density at radius 3 is 2.67 bits per heavy atom. The molecule has 0 bridgehead atoms. The SMILES string of the molecule is CN=C(NCC(=O)NCCOC)NCc1ccccc1-n1nc(C)cc1C. The molecule has 0 saturated heterocycles. The molecule has 1 aromatic carbocycles. The van der Waals surface area contributed by atoms with E-state index in [2.05, 4.69) is 26.0 Å². The Morgan fingerprint density at radius 1 is 1.22 bits per heavy atom. The molecule has 146 valence electrons. The summed E-state index contributed by atoms with van der Waals surface area (Å²) in [5.41, 5.74) is 4.15. The molecule has 1 amide bonds. The van der Waals surface area contributed by atoms with Gasteiger partial charge in [0.2, 0.25) is 5.91 Å². The van der Waals surface area contributed by atoms with Crippen molar-refractivity contribution in [3.05, 3.63) is 47.3 Å². The Balaban J connectivity index is 1.95. The number of rotatable bonds is 8. The fourth-order valence-electron chi connectivity index (χ4n) is 2.66. The van der Waals surface area contributed by atoms with Crippen molar-refractivity contribution in [1.29, 1.82) is 0 Å². The molecule has 1 aromatic heterocycles. The summed E-state index contributed by atoms with van der Waals surface area (Å²) in [6.45, 7) is 5.68. The van der Waals surface area contributed by atoms with Crippen LogP contribution in [-0.2, 0) is 16.1 Å². The number of carbonyl (C=O) groups is 1. The predicted molar refractivity (Wildman–Crippen MR) is 106 cm³/mol. The monoisotopic (exact) mass is 372 g/mol. The zero-order valence-corrected chi connectivity index (χ0v) is 16.4. The van der Waals surface area contributed by atoms with Crippen molar-refractivity contribution >= 4 is 11.9 Å². The number of guanidine groups is 1. The zero-order valence-electron chi connectivity index (χ0n) is 16.4. The molecule has 2 rings (SSSR count). The number of methoxy groups -OCH3 is 1. The minimum absolute atomic E-state index is 0.113. The molecule has 0 aliphatic heterocycles. The third-order valence-corrected chi connectivity index (χ3v) is 3.94. The molecule has 8 nitrogen and oxygen atoms in total. The topological polar surface area (TPSA) is 92.6 Å². The third kappa shape index (κ3) is 6.10. The number of nitrogens with one attached hydrogen (secondary N) is 3. The normalized spacial score (nSPS) is 11.3. The first-order valence-electron chi connectivity index (χ1n) is 8.87. The Bertz CT molecular complexity index is 784. The van der Waals surface area contributed by atoms with E-state index < -0.39 is 0 Å². The summed E-state index contributed by atoms with van der Waals surface area (Å²) in [4.78, 5) is 15.9. The van der Waals surface area contributed by atoms with Gasteiger partial charge in [0.1, 0.15) is 0 Å². The highest BCUT2D eigenvalue weighted by molar-refractivity contribution is 5.86. The van der Waals surface area contributed by atoms with Gasteiger partial charge in [-0.15, -0.1) is 0 Å². The van der Waals surface area contributed by atoms with Crippen LogP contribution in [0.1, 0.15) is 17.0 Å². The van der Waals surface area contributed by atoms with Crippen molar-refractivity contribution in [2.45, 2.75) is 20.4 Å². The molecule has 0 aliphatic rings. The van der Waals surface area contributed by atoms with E-state index in [1.165, 1.54) is 0 Å². The summed E-state index contributed by atoms with van der Waals surface area (Å²) in [7, 11) is 3.27. The van der Waals surface area contributed by atoms with Crippen LogP contribution >= 0.6 is 0 Å². The highest BCUT2D eigenvalue weighted by Crippen LogP contribution is 2.16. The molecule has 2 aromatic rings. The van der Waals surface area contributed by atoms with Gasteiger partial charge in [0.15, 0.2) is 5.96 Å². The van der Waals surface area contributed by atoms with Crippen LogP contribution in [0.25, 0.3) is 5.69 Å². The Labute approximate surface area is 160 Å². The lowest BCUT2D eigenvalue weighted by molar-refractivity contribution is -0.120. The van der Waals surface area contributed by atoms with Crippen LogP contribution in [0.15, 0.2) is 35.3 Å². The average Bonchev–Trinajstić information content (AvgIpc) is 3.00. The second kappa shape index (κ2) is 10.3. The van der Waals surface area contributed by atoms with Crippen LogP contribution in [0.2, 0.25) is 0 Å². The van der Waals surface area contributed by atoms with Crippen molar-refractivity contribution in [1.82, 2.24) is 25.7 Å². The van der Waals surface area contributed by atoms with Crippen LogP contribution in [0.4, 0.5) is 0 Å². The van der Waals surface area contributed by atoms with Crippen LogP contribution in [0.3, 0.4) is 0 Å². The molecule has 1 heterocycles. The predicted octanol–water partition coefficient (Wildman–Crippen LogP) is 0.917. The molecule has 0 fully saturated rings. The molecule has 0 spiro atoms. The van der Waals surface area contributed by atoms with E-state index >= 15 is 0 Å². The molecule has 0 unspecified atom stereocenters. The van der Waals surface area contributed by atoms with Gasteiger partial charge >= 0.3 is 0 Å². The molecular formula is C19H28N6O2. The van der Waals surface area contributed by atoms with Crippen molar-refractivity contribution in [2.24, 2.45) is 4.99 Å². The molecule has 0 radical (unpaired) electrons. The smallest absolute Gasteiger partial charge is 0.239 e. The highest BCUT2D eigenvalue weighted by Gasteiger charge is 2.09. The van der Waals surface area contributed by atoms with Crippen molar-refractivity contribution in [3.63, 3.8) is 0 Å². The number of nitrogens with zero attached hydrogens (tertiary/aromatic N) is 3. The minimum atomic E-state index is -0.113. The minimum Gasteiger partial charge on any atom is -0.383 e. The average molecular weight is 372 g/mol. The molecule has 8 heteroatoms. The first-order chi connectivity index (χ1) is 13.0. The second-order valence-corrected chi connectivity index (χ2v) is 6.09. The quantitative estimate of drug-likeness (QED) is 0.364. The summed E-state index contributed by atoms with van der Waals surface area (Å²) < 4.78 is 6.84. The maximum atomic E-state index is 11.8. The van der Waals surface area contributed by atoms with Gasteiger partial charge in [0, 0.05) is 32.9 Å². The van der Waals surface area contributed by atoms with Gasteiger partial charge in [0.25, 0.3) is 0 Å². The number of hydrogen-bond acceptors (Lipinski definition) is 4. The standard InChI is InChI=1S/C19H28N6O2/c1-14-11-15(2)25(24-14)17-8-6-5-7-16(17)12-22-19(20-3)23-13-18(26)21-9-10-27-4/h5-8,11H,9-10,12-13H2,1-4H3,(H,21,26)(H2,20,22,23). The maximum absolute atomic E-state index is 11.8. The van der Waals surface area contributed by atoms with Gasteiger partial charge in [-0.1, -0.05) is 18.2 Å². The first kappa shape index (κ1) is 20.4. The summed E-state index contributed by atoms with van der Waals surface area (Å²) in [6, 6.07) is 10.1. The van der Waals surface area contributed by atoms with Gasteiger partial charge in [-0.2, -0.15) is 5.10 Å². The number of hydrogen-bond donors (Lipinski definition) is 3. The molecule has 3 N–H and O–H groups in total. The first-order valence-corrected chi connectivity index (χ1v) is 8.87. The van der Waals surface area contributed by atoms with Crippen molar-refractivity contribution in [2.75, 3.05) is 33.9 Å². The number of aromatic nitrogens is 2. The van der Waals surface area contributed by atoms with Crippen LogP contribution in [0.5, 0.6) is 0 Å². The van der Waals surface area contributed by atoms with E-state index in [0.29, 0.717) is 25.7 Å². The lowest BCUT2D eigenvalue weighted by Crippen LogP contribution is -2.43. The zero-order chi connectivity index (χ0) is 19.6.